The van der Waals surface area contributed by atoms with Crippen molar-refractivity contribution in [1.29, 1.82) is 0 Å². The Morgan fingerprint density at radius 1 is 1.44 bits per heavy atom. The zero-order chi connectivity index (χ0) is 12.8. The molecule has 1 aromatic heterocycles. The molecule has 1 aromatic rings. The fourth-order valence-electron chi connectivity index (χ4n) is 3.04. The molecule has 1 fully saturated rings. The zero-order valence-electron chi connectivity index (χ0n) is 11.7. The van der Waals surface area contributed by atoms with Crippen LogP contribution < -0.4 is 10.6 Å². The minimum absolute atomic E-state index is 0.453. The fourth-order valence-corrected chi connectivity index (χ4v) is 3.04. The van der Waals surface area contributed by atoms with Crippen LogP contribution in [0.5, 0.6) is 0 Å². The molecule has 1 unspecified atom stereocenters. The monoisotopic (exact) mass is 250 g/mol. The van der Waals surface area contributed by atoms with Crippen LogP contribution in [0.4, 0.5) is 0 Å². The molecular weight excluding hydrogens is 224 g/mol. The van der Waals surface area contributed by atoms with Gasteiger partial charge in [-0.2, -0.15) is 0 Å². The van der Waals surface area contributed by atoms with Crippen LogP contribution in [-0.2, 0) is 6.54 Å². The van der Waals surface area contributed by atoms with Crippen LogP contribution in [0.2, 0.25) is 0 Å². The SMILES string of the molecule is CCCC1(CNCc2ccc(C)o2)CCCNC1. The summed E-state index contributed by atoms with van der Waals surface area (Å²) in [6.45, 7) is 8.56. The summed E-state index contributed by atoms with van der Waals surface area (Å²) in [7, 11) is 0. The van der Waals surface area contributed by atoms with E-state index in [1.807, 2.05) is 13.0 Å². The molecule has 3 heteroatoms. The Kier molecular flexibility index (Phi) is 4.84. The molecule has 2 heterocycles. The molecule has 0 saturated carbocycles. The van der Waals surface area contributed by atoms with E-state index in [2.05, 4.69) is 23.6 Å². The van der Waals surface area contributed by atoms with Crippen molar-refractivity contribution in [3.8, 4) is 0 Å². The highest BCUT2D eigenvalue weighted by Gasteiger charge is 2.30. The first-order valence-corrected chi connectivity index (χ1v) is 7.21. The minimum atomic E-state index is 0.453. The van der Waals surface area contributed by atoms with Crippen LogP contribution in [0, 0.1) is 12.3 Å². The second-order valence-corrected chi connectivity index (χ2v) is 5.65. The average molecular weight is 250 g/mol. The smallest absolute Gasteiger partial charge is 0.117 e. The van der Waals surface area contributed by atoms with Gasteiger partial charge in [-0.25, -0.2) is 0 Å². The molecule has 0 aliphatic carbocycles. The second kappa shape index (κ2) is 6.39. The van der Waals surface area contributed by atoms with Crippen molar-refractivity contribution in [2.75, 3.05) is 19.6 Å². The van der Waals surface area contributed by atoms with Gasteiger partial charge in [-0.15, -0.1) is 0 Å². The summed E-state index contributed by atoms with van der Waals surface area (Å²) in [5.41, 5.74) is 0.453. The molecule has 0 aromatic carbocycles. The van der Waals surface area contributed by atoms with Gasteiger partial charge in [0.15, 0.2) is 0 Å². The highest BCUT2D eigenvalue weighted by atomic mass is 16.3. The lowest BCUT2D eigenvalue weighted by molar-refractivity contribution is 0.181. The third kappa shape index (κ3) is 3.59. The fraction of sp³-hybridized carbons (Fsp3) is 0.733. The van der Waals surface area contributed by atoms with Crippen molar-refractivity contribution in [3.05, 3.63) is 23.7 Å². The van der Waals surface area contributed by atoms with Gasteiger partial charge in [0, 0.05) is 13.1 Å². The number of hydrogen-bond acceptors (Lipinski definition) is 3. The number of piperidine rings is 1. The maximum absolute atomic E-state index is 5.59. The van der Waals surface area contributed by atoms with Gasteiger partial charge in [-0.05, 0) is 50.3 Å². The van der Waals surface area contributed by atoms with Gasteiger partial charge in [-0.3, -0.25) is 0 Å². The van der Waals surface area contributed by atoms with E-state index < -0.39 is 0 Å². The predicted octanol–water partition coefficient (Wildman–Crippen LogP) is 2.85. The zero-order valence-corrected chi connectivity index (χ0v) is 11.7. The van der Waals surface area contributed by atoms with E-state index >= 15 is 0 Å². The largest absolute Gasteiger partial charge is 0.465 e. The molecule has 102 valence electrons. The summed E-state index contributed by atoms with van der Waals surface area (Å²) in [6, 6.07) is 4.09. The van der Waals surface area contributed by atoms with Gasteiger partial charge < -0.3 is 15.1 Å². The molecule has 0 amide bonds. The number of furan rings is 1. The highest BCUT2D eigenvalue weighted by molar-refractivity contribution is 5.05. The highest BCUT2D eigenvalue weighted by Crippen LogP contribution is 2.30. The number of aryl methyl sites for hydroxylation is 1. The number of nitrogens with one attached hydrogen (secondary N) is 2. The molecule has 2 rings (SSSR count). The maximum Gasteiger partial charge on any atom is 0.117 e. The lowest BCUT2D eigenvalue weighted by atomic mass is 9.77. The predicted molar refractivity (Wildman–Crippen MR) is 74.6 cm³/mol. The molecule has 1 atom stereocenters. The van der Waals surface area contributed by atoms with E-state index in [9.17, 15) is 0 Å². The van der Waals surface area contributed by atoms with Crippen molar-refractivity contribution in [1.82, 2.24) is 10.6 Å². The maximum atomic E-state index is 5.59. The minimum Gasteiger partial charge on any atom is -0.465 e. The Labute approximate surface area is 110 Å². The molecule has 18 heavy (non-hydrogen) atoms. The Morgan fingerprint density at radius 3 is 2.94 bits per heavy atom. The summed E-state index contributed by atoms with van der Waals surface area (Å²) in [4.78, 5) is 0. The van der Waals surface area contributed by atoms with Crippen LogP contribution in [0.15, 0.2) is 16.5 Å². The topological polar surface area (TPSA) is 37.2 Å². The van der Waals surface area contributed by atoms with Gasteiger partial charge >= 0.3 is 0 Å². The van der Waals surface area contributed by atoms with E-state index in [4.69, 9.17) is 4.42 Å². The summed E-state index contributed by atoms with van der Waals surface area (Å²) < 4.78 is 5.59. The first-order valence-electron chi connectivity index (χ1n) is 7.21. The van der Waals surface area contributed by atoms with Crippen molar-refractivity contribution < 1.29 is 4.42 Å². The molecule has 3 nitrogen and oxygen atoms in total. The summed E-state index contributed by atoms with van der Waals surface area (Å²) in [6.07, 6.45) is 5.23. The van der Waals surface area contributed by atoms with Gasteiger partial charge in [0.1, 0.15) is 11.5 Å². The van der Waals surface area contributed by atoms with Crippen LogP contribution in [0.1, 0.15) is 44.1 Å². The molecule has 0 radical (unpaired) electrons. The molecule has 0 bridgehead atoms. The van der Waals surface area contributed by atoms with E-state index in [-0.39, 0.29) is 0 Å². The lowest BCUT2D eigenvalue weighted by Gasteiger charge is -2.38. The first kappa shape index (κ1) is 13.6. The Balaban J connectivity index is 1.82. The Bertz CT molecular complexity index is 348. The second-order valence-electron chi connectivity index (χ2n) is 5.65. The van der Waals surface area contributed by atoms with Crippen molar-refractivity contribution >= 4 is 0 Å². The van der Waals surface area contributed by atoms with Gasteiger partial charge in [0.05, 0.1) is 6.54 Å². The molecule has 1 aliphatic heterocycles. The molecule has 1 aliphatic rings. The van der Waals surface area contributed by atoms with E-state index in [0.29, 0.717) is 5.41 Å². The Hall–Kier alpha value is -0.800. The average Bonchev–Trinajstić information content (AvgIpc) is 2.77. The lowest BCUT2D eigenvalue weighted by Crippen LogP contribution is -2.46. The van der Waals surface area contributed by atoms with Gasteiger partial charge in [0.25, 0.3) is 0 Å². The van der Waals surface area contributed by atoms with E-state index in [0.717, 1.165) is 31.2 Å². The van der Waals surface area contributed by atoms with E-state index in [1.54, 1.807) is 0 Å². The van der Waals surface area contributed by atoms with Crippen LogP contribution >= 0.6 is 0 Å². The molecular formula is C15H26N2O. The van der Waals surface area contributed by atoms with Crippen LogP contribution in [-0.4, -0.2) is 19.6 Å². The summed E-state index contributed by atoms with van der Waals surface area (Å²) in [5.74, 6) is 2.04. The first-order chi connectivity index (χ1) is 8.74. The number of hydrogen-bond donors (Lipinski definition) is 2. The summed E-state index contributed by atoms with van der Waals surface area (Å²) in [5, 5.41) is 7.13. The Morgan fingerprint density at radius 2 is 2.33 bits per heavy atom. The van der Waals surface area contributed by atoms with E-state index in [1.165, 1.54) is 32.2 Å². The third-order valence-corrected chi connectivity index (χ3v) is 3.94. The van der Waals surface area contributed by atoms with Crippen LogP contribution in [0.25, 0.3) is 0 Å². The normalized spacial score (nSPS) is 24.3. The van der Waals surface area contributed by atoms with Gasteiger partial charge in [0.2, 0.25) is 0 Å². The van der Waals surface area contributed by atoms with Crippen molar-refractivity contribution in [3.63, 3.8) is 0 Å². The van der Waals surface area contributed by atoms with Gasteiger partial charge in [-0.1, -0.05) is 13.3 Å². The quantitative estimate of drug-likeness (QED) is 0.815. The van der Waals surface area contributed by atoms with Crippen LogP contribution in [0.3, 0.4) is 0 Å². The molecule has 0 spiro atoms. The summed E-state index contributed by atoms with van der Waals surface area (Å²) >= 11 is 0. The molecule has 2 N–H and O–H groups in total. The standard InChI is InChI=1S/C15H26N2O/c1-3-7-15(8-4-9-16-11-15)12-17-10-14-6-5-13(2)18-14/h5-6,16-17H,3-4,7-12H2,1-2H3. The third-order valence-electron chi connectivity index (χ3n) is 3.94. The van der Waals surface area contributed by atoms with Crippen molar-refractivity contribution in [2.45, 2.75) is 46.1 Å². The van der Waals surface area contributed by atoms with Crippen molar-refractivity contribution in [2.24, 2.45) is 5.41 Å². The number of rotatable bonds is 6. The molecule has 1 saturated heterocycles.